The van der Waals surface area contributed by atoms with Crippen molar-refractivity contribution in [3.63, 3.8) is 0 Å². The van der Waals surface area contributed by atoms with Crippen LogP contribution in [0.1, 0.15) is 53.4 Å². The van der Waals surface area contributed by atoms with Crippen LogP contribution in [0, 0.1) is 23.2 Å². The van der Waals surface area contributed by atoms with Crippen molar-refractivity contribution in [3.05, 3.63) is 0 Å². The lowest BCUT2D eigenvalue weighted by atomic mass is 9.67. The third-order valence-electron chi connectivity index (χ3n) is 6.06. The zero-order chi connectivity index (χ0) is 15.6. The van der Waals surface area contributed by atoms with Crippen molar-refractivity contribution in [2.24, 2.45) is 23.2 Å². The number of aliphatic hydroxyl groups excluding tert-OH is 1. The Bertz CT molecular complexity index is 324. The van der Waals surface area contributed by atoms with E-state index in [0.29, 0.717) is 17.4 Å². The lowest BCUT2D eigenvalue weighted by Crippen LogP contribution is -2.46. The molecule has 21 heavy (non-hydrogen) atoms. The van der Waals surface area contributed by atoms with Gasteiger partial charge in [0.05, 0.1) is 6.10 Å². The van der Waals surface area contributed by atoms with Crippen molar-refractivity contribution in [3.8, 4) is 0 Å². The Kier molecular flexibility index (Phi) is 5.72. The smallest absolute Gasteiger partial charge is 0.0552 e. The van der Waals surface area contributed by atoms with Crippen LogP contribution in [-0.2, 0) is 0 Å². The highest BCUT2D eigenvalue weighted by molar-refractivity contribution is 4.91. The highest BCUT2D eigenvalue weighted by Gasteiger charge is 2.37. The zero-order valence-electron chi connectivity index (χ0n) is 14.7. The molecule has 1 heterocycles. The summed E-state index contributed by atoms with van der Waals surface area (Å²) < 4.78 is 0. The van der Waals surface area contributed by atoms with E-state index in [1.165, 1.54) is 32.4 Å². The molecule has 0 aromatic rings. The maximum Gasteiger partial charge on any atom is 0.0552 e. The topological polar surface area (TPSA) is 35.5 Å². The van der Waals surface area contributed by atoms with E-state index in [0.717, 1.165) is 24.8 Å². The monoisotopic (exact) mass is 296 g/mol. The maximum atomic E-state index is 9.78. The number of nitrogens with zero attached hydrogens (tertiary/aromatic N) is 1. The predicted octanol–water partition coefficient (Wildman–Crippen LogP) is 2.74. The molecule has 1 saturated carbocycles. The highest BCUT2D eigenvalue weighted by atomic mass is 16.3. The van der Waals surface area contributed by atoms with E-state index in [4.69, 9.17) is 0 Å². The summed E-state index contributed by atoms with van der Waals surface area (Å²) in [7, 11) is 2.12. The van der Waals surface area contributed by atoms with Gasteiger partial charge in [-0.1, -0.05) is 20.8 Å². The van der Waals surface area contributed by atoms with Crippen molar-refractivity contribution in [1.29, 1.82) is 0 Å². The fraction of sp³-hybridized carbons (Fsp3) is 1.00. The van der Waals surface area contributed by atoms with E-state index in [1.54, 1.807) is 0 Å². The molecule has 0 aromatic heterocycles. The van der Waals surface area contributed by atoms with Gasteiger partial charge in [-0.3, -0.25) is 0 Å². The van der Waals surface area contributed by atoms with Gasteiger partial charge in [-0.25, -0.2) is 0 Å². The van der Waals surface area contributed by atoms with E-state index in [1.807, 2.05) is 6.92 Å². The predicted molar refractivity (Wildman–Crippen MR) is 89.4 cm³/mol. The summed E-state index contributed by atoms with van der Waals surface area (Å²) in [5.74, 6) is 2.10. The molecule has 1 saturated heterocycles. The first-order chi connectivity index (χ1) is 9.81. The molecule has 3 nitrogen and oxygen atoms in total. The standard InChI is InChI=1S/C18H36N2O/c1-13(21)14-8-9-20(11-14)12-15-10-16(18(2,3)4)6-7-17(15)19-5/h13-17,19,21H,6-12H2,1-5H3. The molecule has 2 rings (SSSR count). The average molecular weight is 296 g/mol. The van der Waals surface area contributed by atoms with Gasteiger partial charge in [0.1, 0.15) is 0 Å². The first-order valence-electron chi connectivity index (χ1n) is 8.89. The molecule has 0 bridgehead atoms. The molecular weight excluding hydrogens is 260 g/mol. The normalized spacial score (nSPS) is 36.9. The van der Waals surface area contributed by atoms with Crippen molar-refractivity contribution < 1.29 is 5.11 Å². The molecule has 124 valence electrons. The SMILES string of the molecule is CNC1CCC(C(C)(C)C)CC1CN1CCC(C(C)O)C1. The molecule has 1 aliphatic heterocycles. The number of hydrogen-bond acceptors (Lipinski definition) is 3. The highest BCUT2D eigenvalue weighted by Crippen LogP contribution is 2.40. The minimum absolute atomic E-state index is 0.149. The molecule has 2 aliphatic rings. The quantitative estimate of drug-likeness (QED) is 0.837. The minimum Gasteiger partial charge on any atom is -0.393 e. The van der Waals surface area contributed by atoms with Gasteiger partial charge in [0, 0.05) is 19.1 Å². The number of rotatable bonds is 4. The summed E-state index contributed by atoms with van der Waals surface area (Å²) in [5.41, 5.74) is 0.435. The number of nitrogens with one attached hydrogen (secondary N) is 1. The van der Waals surface area contributed by atoms with Crippen LogP contribution >= 0.6 is 0 Å². The fourth-order valence-corrected chi connectivity index (χ4v) is 4.39. The third kappa shape index (κ3) is 4.43. The molecule has 1 aliphatic carbocycles. The van der Waals surface area contributed by atoms with Crippen molar-refractivity contribution >= 4 is 0 Å². The summed E-state index contributed by atoms with van der Waals surface area (Å²) in [6.07, 6.45) is 5.05. The first kappa shape index (κ1) is 17.2. The van der Waals surface area contributed by atoms with Gasteiger partial charge in [-0.2, -0.15) is 0 Å². The Morgan fingerprint density at radius 3 is 2.48 bits per heavy atom. The van der Waals surface area contributed by atoms with E-state index < -0.39 is 0 Å². The summed E-state index contributed by atoms with van der Waals surface area (Å²) in [5, 5.41) is 13.3. The summed E-state index contributed by atoms with van der Waals surface area (Å²) in [6, 6.07) is 0.675. The van der Waals surface area contributed by atoms with E-state index in [2.05, 4.69) is 38.0 Å². The second-order valence-corrected chi connectivity index (χ2v) is 8.58. The Morgan fingerprint density at radius 2 is 1.95 bits per heavy atom. The number of likely N-dealkylation sites (tertiary alicyclic amines) is 1. The minimum atomic E-state index is -0.149. The maximum absolute atomic E-state index is 9.78. The van der Waals surface area contributed by atoms with E-state index in [9.17, 15) is 5.11 Å². The molecule has 0 spiro atoms. The number of hydrogen-bond donors (Lipinski definition) is 2. The largest absolute Gasteiger partial charge is 0.393 e. The lowest BCUT2D eigenvalue weighted by molar-refractivity contribution is 0.0889. The second-order valence-electron chi connectivity index (χ2n) is 8.58. The van der Waals surface area contributed by atoms with Gasteiger partial charge in [-0.15, -0.1) is 0 Å². The summed E-state index contributed by atoms with van der Waals surface area (Å²) >= 11 is 0. The Labute approximate surface area is 131 Å². The molecule has 3 heteroatoms. The van der Waals surface area contributed by atoms with Crippen LogP contribution in [0.25, 0.3) is 0 Å². The lowest BCUT2D eigenvalue weighted by Gasteiger charge is -2.43. The Balaban J connectivity index is 1.92. The van der Waals surface area contributed by atoms with Crippen LogP contribution < -0.4 is 5.32 Å². The summed E-state index contributed by atoms with van der Waals surface area (Å²) in [6.45, 7) is 12.6. The van der Waals surface area contributed by atoms with Crippen molar-refractivity contribution in [2.45, 2.75) is 65.5 Å². The van der Waals surface area contributed by atoms with Crippen LogP contribution in [0.2, 0.25) is 0 Å². The van der Waals surface area contributed by atoms with Gasteiger partial charge >= 0.3 is 0 Å². The molecule has 0 radical (unpaired) electrons. The molecule has 0 aromatic carbocycles. The van der Waals surface area contributed by atoms with Crippen LogP contribution in [0.5, 0.6) is 0 Å². The third-order valence-corrected chi connectivity index (χ3v) is 6.06. The Hall–Kier alpha value is -0.120. The van der Waals surface area contributed by atoms with Crippen LogP contribution in [0.4, 0.5) is 0 Å². The molecular formula is C18H36N2O. The van der Waals surface area contributed by atoms with Gasteiger partial charge in [0.2, 0.25) is 0 Å². The van der Waals surface area contributed by atoms with E-state index >= 15 is 0 Å². The fourth-order valence-electron chi connectivity index (χ4n) is 4.39. The average Bonchev–Trinajstić information content (AvgIpc) is 2.86. The first-order valence-corrected chi connectivity index (χ1v) is 8.89. The molecule has 2 N–H and O–H groups in total. The van der Waals surface area contributed by atoms with Gasteiger partial charge < -0.3 is 15.3 Å². The van der Waals surface area contributed by atoms with Crippen LogP contribution in [-0.4, -0.2) is 48.8 Å². The number of aliphatic hydroxyl groups is 1. The molecule has 2 fully saturated rings. The second kappa shape index (κ2) is 6.97. The van der Waals surface area contributed by atoms with Crippen LogP contribution in [0.15, 0.2) is 0 Å². The summed E-state index contributed by atoms with van der Waals surface area (Å²) in [4.78, 5) is 2.59. The molecule has 0 amide bonds. The van der Waals surface area contributed by atoms with Crippen molar-refractivity contribution in [2.75, 3.05) is 26.7 Å². The molecule has 5 unspecified atom stereocenters. The van der Waals surface area contributed by atoms with Gasteiger partial charge in [-0.05, 0) is 69.4 Å². The van der Waals surface area contributed by atoms with Crippen molar-refractivity contribution in [1.82, 2.24) is 10.2 Å². The Morgan fingerprint density at radius 1 is 1.24 bits per heavy atom. The zero-order valence-corrected chi connectivity index (χ0v) is 14.7. The molecule has 5 atom stereocenters. The van der Waals surface area contributed by atoms with Crippen LogP contribution in [0.3, 0.4) is 0 Å². The van der Waals surface area contributed by atoms with Gasteiger partial charge in [0.25, 0.3) is 0 Å². The van der Waals surface area contributed by atoms with E-state index in [-0.39, 0.29) is 6.10 Å². The van der Waals surface area contributed by atoms with Gasteiger partial charge in [0.15, 0.2) is 0 Å².